The van der Waals surface area contributed by atoms with Crippen LogP contribution < -0.4 is 15.5 Å². The first-order chi connectivity index (χ1) is 13.4. The lowest BCUT2D eigenvalue weighted by atomic mass is 10.0. The molecule has 2 unspecified atom stereocenters. The Morgan fingerprint density at radius 3 is 2.57 bits per heavy atom. The summed E-state index contributed by atoms with van der Waals surface area (Å²) in [6, 6.07) is 15.1. The molecule has 0 heterocycles. The SMILES string of the molecule is CCNC(=O)c1cc(C(O)CNC(C)CCN(C)c2ccccc2)ccc1O. The largest absolute Gasteiger partial charge is 0.507 e. The van der Waals surface area contributed by atoms with Crippen LogP contribution >= 0.6 is 0 Å². The summed E-state index contributed by atoms with van der Waals surface area (Å²) in [5.41, 5.74) is 1.95. The van der Waals surface area contributed by atoms with Crippen LogP contribution in [0.1, 0.15) is 42.3 Å². The number of amides is 1. The fourth-order valence-corrected chi connectivity index (χ4v) is 2.93. The first-order valence-corrected chi connectivity index (χ1v) is 9.71. The third-order valence-electron chi connectivity index (χ3n) is 4.74. The van der Waals surface area contributed by atoms with E-state index in [9.17, 15) is 15.0 Å². The Bertz CT molecular complexity index is 752. The molecule has 0 saturated carbocycles. The minimum absolute atomic E-state index is 0.0906. The van der Waals surface area contributed by atoms with Gasteiger partial charge in [0.2, 0.25) is 0 Å². The van der Waals surface area contributed by atoms with Crippen LogP contribution in [-0.4, -0.2) is 48.8 Å². The summed E-state index contributed by atoms with van der Waals surface area (Å²) in [5, 5.41) is 26.3. The highest BCUT2D eigenvalue weighted by molar-refractivity contribution is 5.97. The highest BCUT2D eigenvalue weighted by Crippen LogP contribution is 2.22. The molecule has 4 N–H and O–H groups in total. The molecule has 6 nitrogen and oxygen atoms in total. The normalized spacial score (nSPS) is 13.0. The molecular formula is C22H31N3O3. The maximum atomic E-state index is 12.0. The Balaban J connectivity index is 1.85. The second kappa shape index (κ2) is 10.7. The highest BCUT2D eigenvalue weighted by Gasteiger charge is 2.16. The number of nitrogens with zero attached hydrogens (tertiary/aromatic N) is 1. The average molecular weight is 386 g/mol. The van der Waals surface area contributed by atoms with E-state index in [4.69, 9.17) is 0 Å². The number of aliphatic hydroxyl groups is 1. The second-order valence-corrected chi connectivity index (χ2v) is 7.01. The van der Waals surface area contributed by atoms with Crippen LogP contribution in [0.5, 0.6) is 5.75 Å². The quantitative estimate of drug-likeness (QED) is 0.505. The number of carbonyl (C=O) groups excluding carboxylic acids is 1. The minimum atomic E-state index is -0.761. The van der Waals surface area contributed by atoms with Crippen molar-refractivity contribution in [2.24, 2.45) is 0 Å². The van der Waals surface area contributed by atoms with Gasteiger partial charge in [0.1, 0.15) is 5.75 Å². The van der Waals surface area contributed by atoms with Gasteiger partial charge in [0.25, 0.3) is 5.91 Å². The van der Waals surface area contributed by atoms with Crippen molar-refractivity contribution in [3.05, 3.63) is 59.7 Å². The Hall–Kier alpha value is -2.57. The molecule has 6 heteroatoms. The van der Waals surface area contributed by atoms with Crippen molar-refractivity contribution in [1.82, 2.24) is 10.6 Å². The van der Waals surface area contributed by atoms with Crippen molar-refractivity contribution < 1.29 is 15.0 Å². The Kier molecular flexibility index (Phi) is 8.29. The molecule has 28 heavy (non-hydrogen) atoms. The number of nitrogens with one attached hydrogen (secondary N) is 2. The summed E-state index contributed by atoms with van der Waals surface area (Å²) < 4.78 is 0. The van der Waals surface area contributed by atoms with Gasteiger partial charge in [0.15, 0.2) is 0 Å². The zero-order valence-electron chi connectivity index (χ0n) is 16.9. The molecule has 2 atom stereocenters. The number of hydrogen-bond acceptors (Lipinski definition) is 5. The lowest BCUT2D eigenvalue weighted by Gasteiger charge is -2.23. The topological polar surface area (TPSA) is 84.8 Å². The molecule has 2 rings (SSSR count). The number of hydrogen-bond donors (Lipinski definition) is 4. The molecule has 0 saturated heterocycles. The number of rotatable bonds is 10. The molecule has 0 aliphatic heterocycles. The van der Waals surface area contributed by atoms with Gasteiger partial charge in [-0.3, -0.25) is 4.79 Å². The number of aliphatic hydroxyl groups excluding tert-OH is 1. The fourth-order valence-electron chi connectivity index (χ4n) is 2.93. The van der Waals surface area contributed by atoms with Crippen molar-refractivity contribution >= 4 is 11.6 Å². The molecule has 0 radical (unpaired) electrons. The van der Waals surface area contributed by atoms with Gasteiger partial charge < -0.3 is 25.7 Å². The minimum Gasteiger partial charge on any atom is -0.507 e. The number of phenolic OH excluding ortho intramolecular Hbond substituents is 1. The first kappa shape index (κ1) is 21.7. The first-order valence-electron chi connectivity index (χ1n) is 9.71. The van der Waals surface area contributed by atoms with E-state index in [1.54, 1.807) is 12.1 Å². The van der Waals surface area contributed by atoms with Crippen molar-refractivity contribution in [3.63, 3.8) is 0 Å². The summed E-state index contributed by atoms with van der Waals surface area (Å²) >= 11 is 0. The zero-order valence-corrected chi connectivity index (χ0v) is 16.9. The predicted octanol–water partition coefficient (Wildman–Crippen LogP) is 2.68. The molecule has 2 aromatic carbocycles. The standard InChI is InChI=1S/C22H31N3O3/c1-4-23-22(28)19-14-17(10-11-20(19)26)21(27)15-24-16(2)12-13-25(3)18-8-6-5-7-9-18/h5-11,14,16,21,24,26-27H,4,12-13,15H2,1-3H3,(H,23,28). The molecule has 0 fully saturated rings. The second-order valence-electron chi connectivity index (χ2n) is 7.01. The van der Waals surface area contributed by atoms with E-state index >= 15 is 0 Å². The summed E-state index contributed by atoms with van der Waals surface area (Å²) in [4.78, 5) is 14.2. The average Bonchev–Trinajstić information content (AvgIpc) is 2.71. The lowest BCUT2D eigenvalue weighted by Crippen LogP contribution is -2.33. The monoisotopic (exact) mass is 385 g/mol. The molecule has 0 aliphatic carbocycles. The number of aromatic hydroxyl groups is 1. The van der Waals surface area contributed by atoms with E-state index in [0.29, 0.717) is 18.7 Å². The summed E-state index contributed by atoms with van der Waals surface area (Å²) in [7, 11) is 2.07. The summed E-state index contributed by atoms with van der Waals surface area (Å²) in [6.45, 7) is 5.64. The van der Waals surface area contributed by atoms with Gasteiger partial charge in [-0.1, -0.05) is 24.3 Å². The van der Waals surface area contributed by atoms with Crippen LogP contribution in [0.25, 0.3) is 0 Å². The molecule has 0 aliphatic rings. The van der Waals surface area contributed by atoms with Crippen molar-refractivity contribution in [2.75, 3.05) is 31.6 Å². The Labute approximate surface area is 167 Å². The van der Waals surface area contributed by atoms with Gasteiger partial charge >= 0.3 is 0 Å². The lowest BCUT2D eigenvalue weighted by molar-refractivity contribution is 0.0952. The van der Waals surface area contributed by atoms with Crippen LogP contribution in [0.4, 0.5) is 5.69 Å². The van der Waals surface area contributed by atoms with E-state index in [2.05, 4.69) is 41.6 Å². The van der Waals surface area contributed by atoms with Crippen LogP contribution in [0, 0.1) is 0 Å². The molecule has 0 spiro atoms. The third-order valence-corrected chi connectivity index (χ3v) is 4.74. The smallest absolute Gasteiger partial charge is 0.255 e. The Morgan fingerprint density at radius 2 is 1.89 bits per heavy atom. The van der Waals surface area contributed by atoms with Gasteiger partial charge in [0, 0.05) is 38.4 Å². The van der Waals surface area contributed by atoms with E-state index in [1.807, 2.05) is 25.1 Å². The van der Waals surface area contributed by atoms with E-state index in [1.165, 1.54) is 11.8 Å². The van der Waals surface area contributed by atoms with E-state index in [-0.39, 0.29) is 23.3 Å². The van der Waals surface area contributed by atoms with Crippen molar-refractivity contribution in [3.8, 4) is 5.75 Å². The zero-order chi connectivity index (χ0) is 20.5. The number of phenols is 1. The number of anilines is 1. The van der Waals surface area contributed by atoms with Crippen LogP contribution in [-0.2, 0) is 0 Å². The van der Waals surface area contributed by atoms with Crippen molar-refractivity contribution in [1.29, 1.82) is 0 Å². The number of para-hydroxylation sites is 1. The summed E-state index contributed by atoms with van der Waals surface area (Å²) in [6.07, 6.45) is 0.167. The van der Waals surface area contributed by atoms with Gasteiger partial charge in [-0.25, -0.2) is 0 Å². The van der Waals surface area contributed by atoms with Gasteiger partial charge in [-0.2, -0.15) is 0 Å². The number of carbonyl (C=O) groups is 1. The highest BCUT2D eigenvalue weighted by atomic mass is 16.3. The maximum absolute atomic E-state index is 12.0. The third kappa shape index (κ3) is 6.25. The molecular weight excluding hydrogens is 354 g/mol. The van der Waals surface area contributed by atoms with Gasteiger partial charge in [0.05, 0.1) is 11.7 Å². The van der Waals surface area contributed by atoms with Gasteiger partial charge in [-0.05, 0) is 50.1 Å². The predicted molar refractivity (Wildman–Crippen MR) is 113 cm³/mol. The fraction of sp³-hybridized carbons (Fsp3) is 0.409. The van der Waals surface area contributed by atoms with Crippen LogP contribution in [0.15, 0.2) is 48.5 Å². The van der Waals surface area contributed by atoms with E-state index in [0.717, 1.165) is 13.0 Å². The summed E-state index contributed by atoms with van der Waals surface area (Å²) in [5.74, 6) is -0.438. The van der Waals surface area contributed by atoms with E-state index < -0.39 is 6.10 Å². The van der Waals surface area contributed by atoms with Crippen LogP contribution in [0.3, 0.4) is 0 Å². The molecule has 0 bridgehead atoms. The van der Waals surface area contributed by atoms with Crippen molar-refractivity contribution in [2.45, 2.75) is 32.4 Å². The molecule has 2 aromatic rings. The van der Waals surface area contributed by atoms with Gasteiger partial charge in [-0.15, -0.1) is 0 Å². The number of benzene rings is 2. The maximum Gasteiger partial charge on any atom is 0.255 e. The molecule has 152 valence electrons. The Morgan fingerprint density at radius 1 is 1.18 bits per heavy atom. The molecule has 1 amide bonds. The molecule has 0 aromatic heterocycles. The van der Waals surface area contributed by atoms with Crippen LogP contribution in [0.2, 0.25) is 0 Å².